The van der Waals surface area contributed by atoms with Gasteiger partial charge in [0, 0.05) is 26.1 Å². The van der Waals surface area contributed by atoms with E-state index < -0.39 is 0 Å². The molecule has 1 aliphatic carbocycles. The lowest BCUT2D eigenvalue weighted by Gasteiger charge is -2.31. The van der Waals surface area contributed by atoms with E-state index in [1.165, 1.54) is 0 Å². The van der Waals surface area contributed by atoms with Gasteiger partial charge in [-0.3, -0.25) is 4.79 Å². The van der Waals surface area contributed by atoms with E-state index in [1.807, 2.05) is 6.92 Å². The summed E-state index contributed by atoms with van der Waals surface area (Å²) in [5, 5.41) is 4.03. The van der Waals surface area contributed by atoms with E-state index >= 15 is 0 Å². The molecule has 1 aliphatic heterocycles. The molecule has 0 radical (unpaired) electrons. The molecular formula is C14H19NO3. The third kappa shape index (κ3) is 1.99. The Morgan fingerprint density at radius 1 is 1.22 bits per heavy atom. The monoisotopic (exact) mass is 249 g/mol. The summed E-state index contributed by atoms with van der Waals surface area (Å²) in [6.45, 7) is 3.67. The molecule has 3 rings (SSSR count). The Bertz CT molecular complexity index is 446. The molecule has 0 spiro atoms. The highest BCUT2D eigenvalue weighted by Crippen LogP contribution is 2.36. The molecule has 4 heteroatoms. The molecular weight excluding hydrogens is 230 g/mol. The van der Waals surface area contributed by atoms with Crippen LogP contribution in [0.5, 0.6) is 0 Å². The van der Waals surface area contributed by atoms with Crippen molar-refractivity contribution in [2.75, 3.05) is 13.2 Å². The van der Waals surface area contributed by atoms with Gasteiger partial charge in [0.2, 0.25) is 0 Å². The summed E-state index contributed by atoms with van der Waals surface area (Å²) in [6, 6.07) is 0. The lowest BCUT2D eigenvalue weighted by molar-refractivity contribution is 0.0412. The fraction of sp³-hybridized carbons (Fsp3) is 0.714. The number of Topliss-reactive ketones (excluding diaryl/α,β-unsaturated/α-hetero) is 1. The predicted molar refractivity (Wildman–Crippen MR) is 65.6 cm³/mol. The molecule has 0 N–H and O–H groups in total. The number of fused-ring (bicyclic) bond motifs is 1. The minimum atomic E-state index is 0.228. The number of aryl methyl sites for hydroxylation is 1. The van der Waals surface area contributed by atoms with E-state index in [-0.39, 0.29) is 5.78 Å². The zero-order valence-corrected chi connectivity index (χ0v) is 10.8. The van der Waals surface area contributed by atoms with Crippen molar-refractivity contribution in [3.8, 4) is 0 Å². The zero-order chi connectivity index (χ0) is 12.5. The second kappa shape index (κ2) is 4.84. The van der Waals surface area contributed by atoms with Gasteiger partial charge in [-0.25, -0.2) is 0 Å². The lowest BCUT2D eigenvalue weighted by atomic mass is 9.75. The first-order chi connectivity index (χ1) is 8.79. The van der Waals surface area contributed by atoms with Crippen molar-refractivity contribution in [1.82, 2.24) is 5.16 Å². The third-order valence-electron chi connectivity index (χ3n) is 4.27. The van der Waals surface area contributed by atoms with Crippen molar-refractivity contribution in [1.29, 1.82) is 0 Å². The van der Waals surface area contributed by atoms with E-state index in [4.69, 9.17) is 9.26 Å². The normalized spacial score (nSPS) is 25.2. The molecule has 0 bridgehead atoms. The molecule has 4 nitrogen and oxygen atoms in total. The number of ketones is 1. The average molecular weight is 249 g/mol. The quantitative estimate of drug-likeness (QED) is 0.807. The predicted octanol–water partition coefficient (Wildman–Crippen LogP) is 2.41. The van der Waals surface area contributed by atoms with Gasteiger partial charge in [0.1, 0.15) is 5.76 Å². The van der Waals surface area contributed by atoms with Crippen molar-refractivity contribution in [2.45, 2.75) is 39.0 Å². The summed E-state index contributed by atoms with van der Waals surface area (Å²) < 4.78 is 10.8. The molecule has 2 heterocycles. The number of ether oxygens (including phenoxy) is 1. The fourth-order valence-electron chi connectivity index (χ4n) is 3.23. The minimum absolute atomic E-state index is 0.228. The zero-order valence-electron chi connectivity index (χ0n) is 10.8. The molecule has 0 amide bonds. The van der Waals surface area contributed by atoms with Crippen LogP contribution >= 0.6 is 0 Å². The Morgan fingerprint density at radius 3 is 2.72 bits per heavy atom. The topological polar surface area (TPSA) is 52.3 Å². The van der Waals surface area contributed by atoms with E-state index in [0.29, 0.717) is 18.3 Å². The standard InChI is InChI=1S/C14H19NO3/c1-2-11-14-12(16)7-10(8-13(14)18-15-11)9-3-5-17-6-4-9/h9-10H,2-8H2,1H3. The lowest BCUT2D eigenvalue weighted by Crippen LogP contribution is -2.30. The smallest absolute Gasteiger partial charge is 0.168 e. The highest BCUT2D eigenvalue weighted by molar-refractivity contribution is 5.99. The highest BCUT2D eigenvalue weighted by Gasteiger charge is 2.35. The molecule has 0 saturated carbocycles. The molecule has 2 aliphatic rings. The maximum atomic E-state index is 12.2. The van der Waals surface area contributed by atoms with Crippen LogP contribution < -0.4 is 0 Å². The van der Waals surface area contributed by atoms with Crippen LogP contribution in [-0.4, -0.2) is 24.2 Å². The second-order valence-electron chi connectivity index (χ2n) is 5.32. The van der Waals surface area contributed by atoms with Crippen LogP contribution in [0.15, 0.2) is 4.52 Å². The largest absolute Gasteiger partial charge is 0.381 e. The van der Waals surface area contributed by atoms with Crippen molar-refractivity contribution >= 4 is 5.78 Å². The Labute approximate surface area is 107 Å². The first kappa shape index (κ1) is 11.9. The Hall–Kier alpha value is -1.16. The highest BCUT2D eigenvalue weighted by atomic mass is 16.5. The van der Waals surface area contributed by atoms with Crippen molar-refractivity contribution < 1.29 is 14.1 Å². The van der Waals surface area contributed by atoms with E-state index in [2.05, 4.69) is 5.16 Å². The molecule has 1 aromatic heterocycles. The van der Waals surface area contributed by atoms with Crippen LogP contribution in [0.1, 0.15) is 48.0 Å². The number of carbonyl (C=O) groups is 1. The number of rotatable bonds is 2. The van der Waals surface area contributed by atoms with Crippen LogP contribution in [0, 0.1) is 11.8 Å². The van der Waals surface area contributed by atoms with Gasteiger partial charge >= 0.3 is 0 Å². The number of hydrogen-bond donors (Lipinski definition) is 0. The van der Waals surface area contributed by atoms with Gasteiger partial charge in [0.15, 0.2) is 5.78 Å². The Kier molecular flexibility index (Phi) is 3.20. The van der Waals surface area contributed by atoms with Crippen LogP contribution in [0.25, 0.3) is 0 Å². The summed E-state index contributed by atoms with van der Waals surface area (Å²) in [7, 11) is 0. The van der Waals surface area contributed by atoms with Gasteiger partial charge in [0.25, 0.3) is 0 Å². The van der Waals surface area contributed by atoms with Crippen LogP contribution in [0.3, 0.4) is 0 Å². The Balaban J connectivity index is 1.81. The summed E-state index contributed by atoms with van der Waals surface area (Å²) in [4.78, 5) is 12.2. The summed E-state index contributed by atoms with van der Waals surface area (Å²) in [5.74, 6) is 2.07. The molecule has 1 aromatic rings. The number of aromatic nitrogens is 1. The van der Waals surface area contributed by atoms with Gasteiger partial charge in [-0.05, 0) is 31.1 Å². The molecule has 0 aromatic carbocycles. The third-order valence-corrected chi connectivity index (χ3v) is 4.27. The molecule has 1 atom stereocenters. The van der Waals surface area contributed by atoms with E-state index in [0.717, 1.165) is 55.9 Å². The number of nitrogens with zero attached hydrogens (tertiary/aromatic N) is 1. The van der Waals surface area contributed by atoms with Crippen LogP contribution in [-0.2, 0) is 17.6 Å². The van der Waals surface area contributed by atoms with E-state index in [9.17, 15) is 4.79 Å². The van der Waals surface area contributed by atoms with Gasteiger partial charge in [-0.15, -0.1) is 0 Å². The summed E-state index contributed by atoms with van der Waals surface area (Å²) in [5.41, 5.74) is 1.61. The van der Waals surface area contributed by atoms with Gasteiger partial charge in [0.05, 0.1) is 11.3 Å². The SMILES string of the molecule is CCc1noc2c1C(=O)CC(C1CCOCC1)C2. The number of carbonyl (C=O) groups excluding carboxylic acids is 1. The van der Waals surface area contributed by atoms with Crippen LogP contribution in [0.4, 0.5) is 0 Å². The molecule has 1 unspecified atom stereocenters. The summed E-state index contributed by atoms with van der Waals surface area (Å²) >= 11 is 0. The first-order valence-corrected chi connectivity index (χ1v) is 6.88. The molecule has 1 fully saturated rings. The van der Waals surface area contributed by atoms with Crippen molar-refractivity contribution in [3.63, 3.8) is 0 Å². The summed E-state index contributed by atoms with van der Waals surface area (Å²) in [6.07, 6.45) is 4.45. The fourth-order valence-corrected chi connectivity index (χ4v) is 3.23. The van der Waals surface area contributed by atoms with Gasteiger partial charge in [-0.1, -0.05) is 12.1 Å². The van der Waals surface area contributed by atoms with E-state index in [1.54, 1.807) is 0 Å². The minimum Gasteiger partial charge on any atom is -0.381 e. The molecule has 98 valence electrons. The Morgan fingerprint density at radius 2 is 2.00 bits per heavy atom. The average Bonchev–Trinajstić information content (AvgIpc) is 2.83. The molecule has 18 heavy (non-hydrogen) atoms. The van der Waals surface area contributed by atoms with Crippen molar-refractivity contribution in [3.05, 3.63) is 17.0 Å². The maximum Gasteiger partial charge on any atom is 0.168 e. The second-order valence-corrected chi connectivity index (χ2v) is 5.32. The van der Waals surface area contributed by atoms with Gasteiger partial charge < -0.3 is 9.26 Å². The van der Waals surface area contributed by atoms with Gasteiger partial charge in [-0.2, -0.15) is 0 Å². The van der Waals surface area contributed by atoms with Crippen LogP contribution in [0.2, 0.25) is 0 Å². The molecule has 1 saturated heterocycles. The first-order valence-electron chi connectivity index (χ1n) is 6.88. The maximum absolute atomic E-state index is 12.2. The number of hydrogen-bond acceptors (Lipinski definition) is 4. The van der Waals surface area contributed by atoms with Crippen molar-refractivity contribution in [2.24, 2.45) is 11.8 Å².